The zero-order valence-electron chi connectivity index (χ0n) is 8.19. The number of hydrogen-bond acceptors (Lipinski definition) is 5. The van der Waals surface area contributed by atoms with Gasteiger partial charge in [0.05, 0.1) is 22.2 Å². The molecule has 0 fully saturated rings. The average molecular weight is 241 g/mol. The van der Waals surface area contributed by atoms with Crippen LogP contribution in [-0.2, 0) is 10.0 Å². The number of nitro benzene ring substituents is 1. The second-order valence-corrected chi connectivity index (χ2v) is 5.09. The molecule has 0 unspecified atom stereocenters. The second-order valence-electron chi connectivity index (χ2n) is 3.23. The zero-order valence-corrected chi connectivity index (χ0v) is 9.01. The minimum absolute atomic E-state index is 0.169. The van der Waals surface area contributed by atoms with Gasteiger partial charge >= 0.3 is 0 Å². The van der Waals surface area contributed by atoms with Crippen LogP contribution in [0.25, 0.3) is 11.0 Å². The van der Waals surface area contributed by atoms with Crippen LogP contribution in [0.3, 0.4) is 0 Å². The summed E-state index contributed by atoms with van der Waals surface area (Å²) in [6.45, 7) is 0. The van der Waals surface area contributed by atoms with E-state index in [4.69, 9.17) is 0 Å². The third-order valence-corrected chi connectivity index (χ3v) is 3.07. The normalized spacial score (nSPS) is 11.8. The molecule has 0 aliphatic rings. The van der Waals surface area contributed by atoms with E-state index in [1.54, 1.807) is 0 Å². The summed E-state index contributed by atoms with van der Waals surface area (Å²) in [6, 6.07) is 3.88. The van der Waals surface area contributed by atoms with Crippen LogP contribution < -0.4 is 0 Å². The van der Waals surface area contributed by atoms with Crippen LogP contribution in [0.2, 0.25) is 0 Å². The largest absolute Gasteiger partial charge is 0.271 e. The predicted molar refractivity (Wildman–Crippen MR) is 56.6 cm³/mol. The minimum Gasteiger partial charge on any atom is -0.258 e. The van der Waals surface area contributed by atoms with Gasteiger partial charge in [-0.15, -0.1) is 0 Å². The summed E-state index contributed by atoms with van der Waals surface area (Å²) < 4.78 is 23.6. The van der Waals surface area contributed by atoms with Crippen molar-refractivity contribution in [2.75, 3.05) is 6.26 Å². The van der Waals surface area contributed by atoms with E-state index in [0.29, 0.717) is 5.52 Å². The average Bonchev–Trinajstić information content (AvgIpc) is 2.58. The van der Waals surface area contributed by atoms with E-state index >= 15 is 0 Å². The highest BCUT2D eigenvalue weighted by molar-refractivity contribution is 7.89. The van der Waals surface area contributed by atoms with Crippen molar-refractivity contribution in [3.8, 4) is 0 Å². The van der Waals surface area contributed by atoms with Gasteiger partial charge in [-0.1, -0.05) is 0 Å². The molecule has 1 aromatic heterocycles. The van der Waals surface area contributed by atoms with Crippen LogP contribution in [0.4, 0.5) is 5.69 Å². The van der Waals surface area contributed by atoms with Crippen LogP contribution in [0.15, 0.2) is 24.5 Å². The lowest BCUT2D eigenvalue weighted by Crippen LogP contribution is -2.08. The van der Waals surface area contributed by atoms with E-state index < -0.39 is 14.9 Å². The van der Waals surface area contributed by atoms with Gasteiger partial charge in [-0.2, -0.15) is 0 Å². The van der Waals surface area contributed by atoms with Crippen LogP contribution in [0, 0.1) is 10.1 Å². The number of imidazole rings is 1. The summed E-state index contributed by atoms with van der Waals surface area (Å²) in [5.74, 6) is 0. The number of aromatic nitrogens is 2. The first-order valence-corrected chi connectivity index (χ1v) is 6.06. The van der Waals surface area contributed by atoms with Crippen LogP contribution in [0.5, 0.6) is 0 Å². The molecule has 0 amide bonds. The standard InChI is InChI=1S/C8H7N3O4S/c1-16(14,15)10-5-9-7-3-2-6(11(12)13)4-8(7)10/h2-5H,1H3. The number of hydrogen-bond donors (Lipinski definition) is 0. The molecule has 84 valence electrons. The van der Waals surface area contributed by atoms with E-state index in [1.807, 2.05) is 0 Å². The lowest BCUT2D eigenvalue weighted by Gasteiger charge is -1.99. The van der Waals surface area contributed by atoms with Gasteiger partial charge in [0.2, 0.25) is 10.0 Å². The molecule has 0 saturated heterocycles. The Hall–Kier alpha value is -1.96. The fourth-order valence-electron chi connectivity index (χ4n) is 1.35. The van der Waals surface area contributed by atoms with Crippen LogP contribution in [-0.4, -0.2) is 28.6 Å². The molecule has 0 atom stereocenters. The van der Waals surface area contributed by atoms with Crippen molar-refractivity contribution in [2.24, 2.45) is 0 Å². The molecular formula is C8H7N3O4S. The summed E-state index contributed by atoms with van der Waals surface area (Å²) in [6.07, 6.45) is 2.14. The minimum atomic E-state index is -3.50. The number of nitro groups is 1. The van der Waals surface area contributed by atoms with Crippen molar-refractivity contribution in [2.45, 2.75) is 0 Å². The summed E-state index contributed by atoms with van der Waals surface area (Å²) in [5.41, 5.74) is 0.436. The molecular weight excluding hydrogens is 234 g/mol. The maximum atomic E-state index is 11.3. The molecule has 0 N–H and O–H groups in total. The molecule has 16 heavy (non-hydrogen) atoms. The molecule has 0 radical (unpaired) electrons. The molecule has 1 aromatic carbocycles. The summed E-state index contributed by atoms with van der Waals surface area (Å²) in [5, 5.41) is 10.6. The molecule has 2 aromatic rings. The van der Waals surface area contributed by atoms with Crippen molar-refractivity contribution in [1.82, 2.24) is 8.96 Å². The molecule has 0 saturated carbocycles. The summed E-state index contributed by atoms with van der Waals surface area (Å²) in [7, 11) is -3.50. The highest BCUT2D eigenvalue weighted by atomic mass is 32.2. The quantitative estimate of drug-likeness (QED) is 0.571. The Morgan fingerprint density at radius 2 is 2.12 bits per heavy atom. The van der Waals surface area contributed by atoms with Crippen LogP contribution >= 0.6 is 0 Å². The van der Waals surface area contributed by atoms with E-state index in [2.05, 4.69) is 4.98 Å². The van der Waals surface area contributed by atoms with Crippen LogP contribution in [0.1, 0.15) is 0 Å². The van der Waals surface area contributed by atoms with Crippen molar-refractivity contribution >= 4 is 26.7 Å². The number of fused-ring (bicyclic) bond motifs is 1. The monoisotopic (exact) mass is 241 g/mol. The van der Waals surface area contributed by atoms with Gasteiger partial charge in [-0.05, 0) is 6.07 Å². The third kappa shape index (κ3) is 1.63. The van der Waals surface area contributed by atoms with Gasteiger partial charge in [-0.3, -0.25) is 10.1 Å². The first kappa shape index (κ1) is 10.6. The van der Waals surface area contributed by atoms with E-state index in [-0.39, 0.29) is 11.2 Å². The molecule has 0 aliphatic heterocycles. The molecule has 8 heteroatoms. The Labute approximate surface area is 90.5 Å². The van der Waals surface area contributed by atoms with Gasteiger partial charge in [-0.25, -0.2) is 17.4 Å². The Balaban J connectivity index is 2.80. The molecule has 0 spiro atoms. The first-order chi connectivity index (χ1) is 7.39. The van der Waals surface area contributed by atoms with Gasteiger partial charge in [0.1, 0.15) is 6.33 Å². The zero-order chi connectivity index (χ0) is 11.9. The SMILES string of the molecule is CS(=O)(=O)n1cnc2ccc([N+](=O)[O-])cc21. The van der Waals surface area contributed by atoms with Gasteiger partial charge in [0.25, 0.3) is 5.69 Å². The lowest BCUT2D eigenvalue weighted by atomic mass is 10.3. The number of non-ortho nitro benzene ring substituents is 1. The Morgan fingerprint density at radius 3 is 2.69 bits per heavy atom. The van der Waals surface area contributed by atoms with Crippen molar-refractivity contribution in [3.63, 3.8) is 0 Å². The van der Waals surface area contributed by atoms with Gasteiger partial charge < -0.3 is 0 Å². The summed E-state index contributed by atoms with van der Waals surface area (Å²) in [4.78, 5) is 13.8. The fraction of sp³-hybridized carbons (Fsp3) is 0.125. The number of benzene rings is 1. The van der Waals surface area contributed by atoms with Crippen molar-refractivity contribution in [3.05, 3.63) is 34.6 Å². The Kier molecular flexibility index (Phi) is 2.16. The highest BCUT2D eigenvalue weighted by Crippen LogP contribution is 2.20. The van der Waals surface area contributed by atoms with E-state index in [1.165, 1.54) is 18.2 Å². The summed E-state index contributed by atoms with van der Waals surface area (Å²) >= 11 is 0. The Morgan fingerprint density at radius 1 is 1.44 bits per heavy atom. The fourth-order valence-corrected chi connectivity index (χ4v) is 2.07. The predicted octanol–water partition coefficient (Wildman–Crippen LogP) is 0.752. The lowest BCUT2D eigenvalue weighted by molar-refractivity contribution is -0.384. The molecule has 7 nitrogen and oxygen atoms in total. The van der Waals surface area contributed by atoms with Crippen molar-refractivity contribution < 1.29 is 13.3 Å². The maximum absolute atomic E-state index is 11.3. The first-order valence-electron chi connectivity index (χ1n) is 4.21. The Bertz CT molecular complexity index is 674. The smallest absolute Gasteiger partial charge is 0.258 e. The van der Waals surface area contributed by atoms with Gasteiger partial charge in [0, 0.05) is 12.1 Å². The number of nitrogens with zero attached hydrogens (tertiary/aromatic N) is 3. The molecule has 2 rings (SSSR count). The molecule has 0 aliphatic carbocycles. The third-order valence-electron chi connectivity index (χ3n) is 2.07. The topological polar surface area (TPSA) is 95.1 Å². The molecule has 1 heterocycles. The second kappa shape index (κ2) is 3.27. The molecule has 0 bridgehead atoms. The van der Waals surface area contributed by atoms with E-state index in [0.717, 1.165) is 16.6 Å². The van der Waals surface area contributed by atoms with Gasteiger partial charge in [0.15, 0.2) is 0 Å². The highest BCUT2D eigenvalue weighted by Gasteiger charge is 2.14. The van der Waals surface area contributed by atoms with E-state index in [9.17, 15) is 18.5 Å². The number of rotatable bonds is 2. The maximum Gasteiger partial charge on any atom is 0.271 e. The van der Waals surface area contributed by atoms with Crippen molar-refractivity contribution in [1.29, 1.82) is 0 Å².